The van der Waals surface area contributed by atoms with Crippen molar-refractivity contribution in [3.8, 4) is 0 Å². The minimum atomic E-state index is -1.00. The molecule has 1 atom stereocenters. The van der Waals surface area contributed by atoms with Gasteiger partial charge in [0.1, 0.15) is 11.6 Å². The summed E-state index contributed by atoms with van der Waals surface area (Å²) in [6.45, 7) is 10.3. The molecule has 0 spiro atoms. The van der Waals surface area contributed by atoms with E-state index in [1.165, 1.54) is 44.2 Å². The number of halogens is 2. The van der Waals surface area contributed by atoms with E-state index < -0.39 is 17.6 Å². The summed E-state index contributed by atoms with van der Waals surface area (Å²) in [4.78, 5) is 0. The topological polar surface area (TPSA) is 27.7 Å². The number of ether oxygens (including phenoxy) is 3. The van der Waals surface area contributed by atoms with Gasteiger partial charge in [-0.25, -0.2) is 8.78 Å². The van der Waals surface area contributed by atoms with Crippen molar-refractivity contribution in [2.45, 2.75) is 124 Å². The summed E-state index contributed by atoms with van der Waals surface area (Å²) >= 11 is 0. The highest BCUT2D eigenvalue weighted by Gasteiger charge is 2.41. The number of aryl methyl sites for hydroxylation is 1. The smallest absolute Gasteiger partial charge is 0.285 e. The molecule has 1 rings (SSSR count). The van der Waals surface area contributed by atoms with Gasteiger partial charge < -0.3 is 14.2 Å². The lowest BCUT2D eigenvalue weighted by Gasteiger charge is -2.40. The summed E-state index contributed by atoms with van der Waals surface area (Å²) in [6.07, 6.45) is 14.5. The van der Waals surface area contributed by atoms with Crippen LogP contribution in [0.2, 0.25) is 0 Å². The Bertz CT molecular complexity index is 581. The first-order valence-corrected chi connectivity index (χ1v) is 13.9. The van der Waals surface area contributed by atoms with E-state index >= 15 is 0 Å². The first kappa shape index (κ1) is 31.0. The largest absolute Gasteiger partial charge is 0.327 e. The van der Waals surface area contributed by atoms with E-state index in [-0.39, 0.29) is 5.92 Å². The molecule has 0 saturated heterocycles. The minimum absolute atomic E-state index is 0.132. The zero-order valence-corrected chi connectivity index (χ0v) is 22.3. The summed E-state index contributed by atoms with van der Waals surface area (Å²) < 4.78 is 46.1. The highest BCUT2D eigenvalue weighted by Crippen LogP contribution is 2.35. The number of hydrogen-bond acceptors (Lipinski definition) is 3. The molecule has 0 aliphatic heterocycles. The zero-order chi connectivity index (χ0) is 25.1. The fourth-order valence-corrected chi connectivity index (χ4v) is 4.36. The van der Waals surface area contributed by atoms with Crippen molar-refractivity contribution in [3.05, 3.63) is 35.4 Å². The van der Waals surface area contributed by atoms with Crippen molar-refractivity contribution in [1.29, 1.82) is 0 Å². The predicted octanol–water partition coefficient (Wildman–Crippen LogP) is 8.98. The van der Waals surface area contributed by atoms with Gasteiger partial charge in [0.05, 0.1) is 19.8 Å². The number of unbranched alkanes of at least 4 members (excludes halogenated alkanes) is 6. The number of benzene rings is 1. The van der Waals surface area contributed by atoms with E-state index in [9.17, 15) is 8.78 Å². The van der Waals surface area contributed by atoms with E-state index in [0.29, 0.717) is 31.8 Å². The lowest BCUT2D eigenvalue weighted by molar-refractivity contribution is -0.406. The monoisotopic (exact) mass is 484 g/mol. The Labute approximate surface area is 207 Å². The lowest BCUT2D eigenvalue weighted by Crippen LogP contribution is -2.47. The molecule has 3 nitrogen and oxygen atoms in total. The van der Waals surface area contributed by atoms with Crippen molar-refractivity contribution >= 4 is 0 Å². The van der Waals surface area contributed by atoms with Crippen LogP contribution < -0.4 is 0 Å². The van der Waals surface area contributed by atoms with Crippen molar-refractivity contribution < 1.29 is 23.0 Å². The molecule has 0 aliphatic carbocycles. The predicted molar refractivity (Wildman–Crippen MR) is 137 cm³/mol. The third kappa shape index (κ3) is 12.6. The zero-order valence-electron chi connectivity index (χ0n) is 22.3. The Morgan fingerprint density at radius 1 is 0.618 bits per heavy atom. The van der Waals surface area contributed by atoms with Crippen molar-refractivity contribution in [2.75, 3.05) is 19.8 Å². The second kappa shape index (κ2) is 19.2. The molecule has 1 unspecified atom stereocenters. The van der Waals surface area contributed by atoms with Gasteiger partial charge in [0, 0.05) is 12.0 Å². The number of hydrogen-bond donors (Lipinski definition) is 0. The summed E-state index contributed by atoms with van der Waals surface area (Å²) in [6, 6.07) is 3.79. The summed E-state index contributed by atoms with van der Waals surface area (Å²) in [7, 11) is 0. The molecule has 0 bridgehead atoms. The van der Waals surface area contributed by atoms with E-state index in [2.05, 4.69) is 27.7 Å². The maximum absolute atomic E-state index is 13.5. The summed E-state index contributed by atoms with van der Waals surface area (Å²) in [5.41, 5.74) is 0.711. The maximum atomic E-state index is 13.5. The molecular formula is C29H50F2O3. The molecule has 0 amide bonds. The van der Waals surface area contributed by atoms with Gasteiger partial charge in [-0.3, -0.25) is 0 Å². The average molecular weight is 485 g/mol. The molecule has 34 heavy (non-hydrogen) atoms. The summed E-state index contributed by atoms with van der Waals surface area (Å²) in [5, 5.41) is 0. The highest BCUT2D eigenvalue weighted by molar-refractivity contribution is 5.17. The molecule has 0 aliphatic rings. The van der Waals surface area contributed by atoms with Gasteiger partial charge in [-0.05, 0) is 62.6 Å². The van der Waals surface area contributed by atoms with Crippen molar-refractivity contribution in [3.63, 3.8) is 0 Å². The molecule has 0 aromatic heterocycles. The van der Waals surface area contributed by atoms with Gasteiger partial charge >= 0.3 is 0 Å². The molecule has 198 valence electrons. The lowest BCUT2D eigenvalue weighted by atomic mass is 9.91. The molecule has 5 heteroatoms. The normalized spacial score (nSPS) is 12.9. The molecule has 1 aromatic rings. The Morgan fingerprint density at radius 3 is 1.59 bits per heavy atom. The minimum Gasteiger partial charge on any atom is -0.327 e. The van der Waals surface area contributed by atoms with Gasteiger partial charge in [0.15, 0.2) is 0 Å². The Hall–Kier alpha value is -1.04. The van der Waals surface area contributed by atoms with Crippen LogP contribution in [0, 0.1) is 17.6 Å². The van der Waals surface area contributed by atoms with Crippen LogP contribution in [0.4, 0.5) is 8.78 Å². The first-order valence-electron chi connectivity index (χ1n) is 13.9. The van der Waals surface area contributed by atoms with Crippen LogP contribution in [0.25, 0.3) is 0 Å². The second-order valence-electron chi connectivity index (χ2n) is 9.43. The van der Waals surface area contributed by atoms with Crippen molar-refractivity contribution in [1.82, 2.24) is 0 Å². The molecule has 0 radical (unpaired) electrons. The Kier molecular flexibility index (Phi) is 17.5. The van der Waals surface area contributed by atoms with Crippen LogP contribution in [0.5, 0.6) is 0 Å². The summed E-state index contributed by atoms with van der Waals surface area (Å²) in [5.74, 6) is -1.89. The Balaban J connectivity index is 2.86. The van der Waals surface area contributed by atoms with Gasteiger partial charge in [0.25, 0.3) is 5.97 Å². The first-order chi connectivity index (χ1) is 16.5. The third-order valence-corrected chi connectivity index (χ3v) is 6.12. The molecule has 1 aromatic carbocycles. The molecule has 0 saturated carbocycles. The van der Waals surface area contributed by atoms with Crippen LogP contribution in [0.3, 0.4) is 0 Å². The van der Waals surface area contributed by atoms with Gasteiger partial charge in [-0.15, -0.1) is 0 Å². The van der Waals surface area contributed by atoms with Gasteiger partial charge in [-0.1, -0.05) is 72.6 Å². The van der Waals surface area contributed by atoms with E-state index in [0.717, 1.165) is 57.4 Å². The molecular weight excluding hydrogens is 434 g/mol. The Morgan fingerprint density at radius 2 is 1.09 bits per heavy atom. The van der Waals surface area contributed by atoms with E-state index in [1.807, 2.05) is 0 Å². The van der Waals surface area contributed by atoms with Gasteiger partial charge in [0.2, 0.25) is 0 Å². The SMILES string of the molecule is CCCCCCCCC(CCCCc1cc(F)cc(F)c1)C(OCCC)(OCCC)OCCC. The van der Waals surface area contributed by atoms with Crippen LogP contribution in [-0.4, -0.2) is 25.8 Å². The second-order valence-corrected chi connectivity index (χ2v) is 9.43. The maximum Gasteiger partial charge on any atom is 0.285 e. The van der Waals surface area contributed by atoms with Gasteiger partial charge in [-0.2, -0.15) is 0 Å². The quantitative estimate of drug-likeness (QED) is 0.121. The average Bonchev–Trinajstić information content (AvgIpc) is 2.82. The fourth-order valence-electron chi connectivity index (χ4n) is 4.36. The molecule has 0 N–H and O–H groups in total. The highest BCUT2D eigenvalue weighted by atomic mass is 19.1. The van der Waals surface area contributed by atoms with E-state index in [1.54, 1.807) is 0 Å². The molecule has 0 heterocycles. The van der Waals surface area contributed by atoms with Crippen LogP contribution in [0.15, 0.2) is 18.2 Å². The standard InChI is InChI=1S/C29H50F2O3/c1-5-9-10-11-12-13-17-26(18-15-14-16-25-22-27(30)24-28(31)23-25)29(32-19-6-2,33-20-7-3)34-21-8-4/h22-24,26H,5-21H2,1-4H3. The number of rotatable bonds is 22. The fraction of sp³-hybridized carbons (Fsp3) is 0.793. The van der Waals surface area contributed by atoms with Crippen LogP contribution in [-0.2, 0) is 20.6 Å². The molecule has 0 fully saturated rings. The van der Waals surface area contributed by atoms with E-state index in [4.69, 9.17) is 14.2 Å². The third-order valence-electron chi connectivity index (χ3n) is 6.12. The van der Waals surface area contributed by atoms with Crippen LogP contribution in [0.1, 0.15) is 117 Å². The van der Waals surface area contributed by atoms with Crippen LogP contribution >= 0.6 is 0 Å². The van der Waals surface area contributed by atoms with Crippen molar-refractivity contribution in [2.24, 2.45) is 5.92 Å².